The van der Waals surface area contributed by atoms with Crippen LogP contribution in [0.5, 0.6) is 5.75 Å². The second kappa shape index (κ2) is 8.31. The van der Waals surface area contributed by atoms with Crippen LogP contribution in [0, 0.1) is 6.92 Å². The standard InChI is InChI=1S/C20H21N3O3/c1-14-19(11-21-23-14)20(24)22-17-5-3-4-16(10-17)13-26-12-15-6-8-18(25-2)9-7-15/h3-11H,12-13H2,1-2H3,(H,21,23)(H,22,24). The molecule has 0 bridgehead atoms. The number of aryl methyl sites for hydroxylation is 1. The van der Waals surface area contributed by atoms with Gasteiger partial charge in [-0.2, -0.15) is 5.10 Å². The van der Waals surface area contributed by atoms with Gasteiger partial charge in [-0.25, -0.2) is 0 Å². The fourth-order valence-corrected chi connectivity index (χ4v) is 2.53. The Morgan fingerprint density at radius 1 is 1.12 bits per heavy atom. The molecule has 134 valence electrons. The van der Waals surface area contributed by atoms with Crippen molar-refractivity contribution in [1.82, 2.24) is 10.2 Å². The number of carbonyl (C=O) groups excluding carboxylic acids is 1. The minimum absolute atomic E-state index is 0.187. The van der Waals surface area contributed by atoms with E-state index in [0.29, 0.717) is 18.8 Å². The van der Waals surface area contributed by atoms with E-state index in [0.717, 1.165) is 28.3 Å². The zero-order valence-corrected chi connectivity index (χ0v) is 14.8. The molecule has 0 unspecified atom stereocenters. The number of rotatable bonds is 7. The van der Waals surface area contributed by atoms with Crippen LogP contribution in [0.2, 0.25) is 0 Å². The molecule has 1 amide bonds. The van der Waals surface area contributed by atoms with Crippen LogP contribution < -0.4 is 10.1 Å². The number of H-pyrrole nitrogens is 1. The molecule has 0 radical (unpaired) electrons. The summed E-state index contributed by atoms with van der Waals surface area (Å²) in [6.07, 6.45) is 1.52. The van der Waals surface area contributed by atoms with Gasteiger partial charge in [0.25, 0.3) is 5.91 Å². The Bertz CT molecular complexity index is 872. The Morgan fingerprint density at radius 2 is 1.88 bits per heavy atom. The maximum absolute atomic E-state index is 12.2. The third-order valence-corrected chi connectivity index (χ3v) is 3.96. The molecular formula is C20H21N3O3. The molecule has 6 heteroatoms. The molecule has 0 atom stereocenters. The Balaban J connectivity index is 1.55. The van der Waals surface area contributed by atoms with Gasteiger partial charge in [0, 0.05) is 11.4 Å². The van der Waals surface area contributed by atoms with Gasteiger partial charge in [0.15, 0.2) is 0 Å². The van der Waals surface area contributed by atoms with Gasteiger partial charge in [0.2, 0.25) is 0 Å². The smallest absolute Gasteiger partial charge is 0.259 e. The maximum atomic E-state index is 12.2. The van der Waals surface area contributed by atoms with Crippen LogP contribution in [-0.2, 0) is 18.0 Å². The van der Waals surface area contributed by atoms with Gasteiger partial charge in [0.05, 0.1) is 32.1 Å². The molecule has 0 aliphatic rings. The number of anilines is 1. The number of amides is 1. The van der Waals surface area contributed by atoms with Gasteiger partial charge in [-0.05, 0) is 42.3 Å². The quantitative estimate of drug-likeness (QED) is 0.680. The summed E-state index contributed by atoms with van der Waals surface area (Å²) in [7, 11) is 1.64. The van der Waals surface area contributed by atoms with Crippen molar-refractivity contribution in [2.45, 2.75) is 20.1 Å². The Morgan fingerprint density at radius 3 is 2.58 bits per heavy atom. The van der Waals surface area contributed by atoms with Crippen molar-refractivity contribution < 1.29 is 14.3 Å². The highest BCUT2D eigenvalue weighted by Crippen LogP contribution is 2.16. The van der Waals surface area contributed by atoms with Gasteiger partial charge in [-0.3, -0.25) is 9.89 Å². The molecule has 0 aliphatic heterocycles. The third kappa shape index (κ3) is 4.49. The van der Waals surface area contributed by atoms with Crippen LogP contribution in [0.15, 0.2) is 54.7 Å². The number of hydrogen-bond donors (Lipinski definition) is 2. The third-order valence-electron chi connectivity index (χ3n) is 3.96. The lowest BCUT2D eigenvalue weighted by Crippen LogP contribution is -2.12. The summed E-state index contributed by atoms with van der Waals surface area (Å²) >= 11 is 0. The number of benzene rings is 2. The zero-order valence-electron chi connectivity index (χ0n) is 14.8. The van der Waals surface area contributed by atoms with Gasteiger partial charge in [0.1, 0.15) is 5.75 Å². The first kappa shape index (κ1) is 17.7. The largest absolute Gasteiger partial charge is 0.497 e. The van der Waals surface area contributed by atoms with E-state index in [2.05, 4.69) is 15.5 Å². The van der Waals surface area contributed by atoms with E-state index < -0.39 is 0 Å². The molecule has 0 aliphatic carbocycles. The zero-order chi connectivity index (χ0) is 18.4. The van der Waals surface area contributed by atoms with Gasteiger partial charge < -0.3 is 14.8 Å². The molecular weight excluding hydrogens is 330 g/mol. The first-order valence-electron chi connectivity index (χ1n) is 8.26. The monoisotopic (exact) mass is 351 g/mol. The SMILES string of the molecule is COc1ccc(COCc2cccc(NC(=O)c3cn[nH]c3C)c2)cc1. The van der Waals surface area contributed by atoms with Crippen molar-refractivity contribution in [2.75, 3.05) is 12.4 Å². The molecule has 26 heavy (non-hydrogen) atoms. The summed E-state index contributed by atoms with van der Waals surface area (Å²) in [6, 6.07) is 15.4. The van der Waals surface area contributed by atoms with Crippen LogP contribution in [0.1, 0.15) is 27.2 Å². The number of nitrogens with one attached hydrogen (secondary N) is 2. The lowest BCUT2D eigenvalue weighted by molar-refractivity contribution is 0.102. The first-order valence-corrected chi connectivity index (χ1v) is 8.26. The number of nitrogens with zero attached hydrogens (tertiary/aromatic N) is 1. The van der Waals surface area contributed by atoms with Crippen LogP contribution in [0.4, 0.5) is 5.69 Å². The minimum Gasteiger partial charge on any atom is -0.497 e. The molecule has 0 saturated carbocycles. The second-order valence-corrected chi connectivity index (χ2v) is 5.90. The van der Waals surface area contributed by atoms with Crippen LogP contribution in [0.25, 0.3) is 0 Å². The summed E-state index contributed by atoms with van der Waals surface area (Å²) in [5.74, 6) is 0.637. The summed E-state index contributed by atoms with van der Waals surface area (Å²) in [6.45, 7) is 2.78. The average Bonchev–Trinajstić information content (AvgIpc) is 3.09. The van der Waals surface area contributed by atoms with E-state index in [1.165, 1.54) is 6.20 Å². The Labute approximate surface area is 152 Å². The summed E-state index contributed by atoms with van der Waals surface area (Å²) < 4.78 is 10.9. The van der Waals surface area contributed by atoms with Crippen molar-refractivity contribution in [3.63, 3.8) is 0 Å². The highest BCUT2D eigenvalue weighted by molar-refractivity contribution is 6.04. The summed E-state index contributed by atoms with van der Waals surface area (Å²) in [5.41, 5.74) is 4.06. The highest BCUT2D eigenvalue weighted by Gasteiger charge is 2.11. The molecule has 3 rings (SSSR count). The normalized spacial score (nSPS) is 10.5. The molecule has 1 heterocycles. The molecule has 0 fully saturated rings. The molecule has 2 N–H and O–H groups in total. The molecule has 2 aromatic carbocycles. The van der Waals surface area contributed by atoms with Crippen molar-refractivity contribution in [3.05, 3.63) is 77.1 Å². The Kier molecular flexibility index (Phi) is 5.66. The molecule has 6 nitrogen and oxygen atoms in total. The fraction of sp³-hybridized carbons (Fsp3) is 0.200. The summed E-state index contributed by atoms with van der Waals surface area (Å²) in [4.78, 5) is 12.2. The molecule has 0 saturated heterocycles. The van der Waals surface area contributed by atoms with Gasteiger partial charge in [-0.15, -0.1) is 0 Å². The van der Waals surface area contributed by atoms with E-state index >= 15 is 0 Å². The maximum Gasteiger partial charge on any atom is 0.259 e. The highest BCUT2D eigenvalue weighted by atomic mass is 16.5. The summed E-state index contributed by atoms with van der Waals surface area (Å²) in [5, 5.41) is 9.50. The number of hydrogen-bond acceptors (Lipinski definition) is 4. The van der Waals surface area contributed by atoms with Gasteiger partial charge in [-0.1, -0.05) is 24.3 Å². The van der Waals surface area contributed by atoms with E-state index in [9.17, 15) is 4.79 Å². The van der Waals surface area contributed by atoms with Gasteiger partial charge >= 0.3 is 0 Å². The van der Waals surface area contributed by atoms with Crippen molar-refractivity contribution >= 4 is 11.6 Å². The lowest BCUT2D eigenvalue weighted by atomic mass is 10.2. The van der Waals surface area contributed by atoms with E-state index in [1.54, 1.807) is 7.11 Å². The van der Waals surface area contributed by atoms with E-state index in [4.69, 9.17) is 9.47 Å². The van der Waals surface area contributed by atoms with Crippen LogP contribution >= 0.6 is 0 Å². The second-order valence-electron chi connectivity index (χ2n) is 5.90. The predicted octanol–water partition coefficient (Wildman–Crippen LogP) is 3.70. The molecule has 1 aromatic heterocycles. The van der Waals surface area contributed by atoms with Crippen LogP contribution in [0.3, 0.4) is 0 Å². The van der Waals surface area contributed by atoms with Crippen molar-refractivity contribution in [2.24, 2.45) is 0 Å². The number of carbonyl (C=O) groups is 1. The van der Waals surface area contributed by atoms with E-state index in [1.807, 2.05) is 55.5 Å². The first-order chi connectivity index (χ1) is 12.7. The number of aromatic amines is 1. The molecule has 3 aromatic rings. The predicted molar refractivity (Wildman–Crippen MR) is 99.2 cm³/mol. The Hall–Kier alpha value is -3.12. The number of aromatic nitrogens is 2. The molecule has 0 spiro atoms. The lowest BCUT2D eigenvalue weighted by Gasteiger charge is -2.08. The number of ether oxygens (including phenoxy) is 2. The fourth-order valence-electron chi connectivity index (χ4n) is 2.53. The van der Waals surface area contributed by atoms with Crippen molar-refractivity contribution in [3.8, 4) is 5.75 Å². The number of methoxy groups -OCH3 is 1. The van der Waals surface area contributed by atoms with E-state index in [-0.39, 0.29) is 5.91 Å². The topological polar surface area (TPSA) is 76.2 Å². The van der Waals surface area contributed by atoms with Crippen molar-refractivity contribution in [1.29, 1.82) is 0 Å². The minimum atomic E-state index is -0.187. The average molecular weight is 351 g/mol. The van der Waals surface area contributed by atoms with Crippen LogP contribution in [-0.4, -0.2) is 23.2 Å².